The summed E-state index contributed by atoms with van der Waals surface area (Å²) in [5.41, 5.74) is 1.27. The predicted octanol–water partition coefficient (Wildman–Crippen LogP) is 2.86. The van der Waals surface area contributed by atoms with Gasteiger partial charge in [0.1, 0.15) is 10.8 Å². The average Bonchev–Trinajstić information content (AvgIpc) is 2.97. The van der Waals surface area contributed by atoms with Gasteiger partial charge in [0.2, 0.25) is 11.7 Å². The number of methoxy groups -OCH3 is 1. The second-order valence-corrected chi connectivity index (χ2v) is 4.25. The molecule has 0 aliphatic carbocycles. The molecule has 0 saturated carbocycles. The molecule has 0 unspecified atom stereocenters. The van der Waals surface area contributed by atoms with Crippen LogP contribution in [0.15, 0.2) is 41.1 Å². The smallest absolute Gasteiger partial charge is 0.258 e. The molecule has 0 fully saturated rings. The van der Waals surface area contributed by atoms with Crippen LogP contribution in [0.5, 0.6) is 5.88 Å². The molecular formula is C13H9ClN4O2. The first kappa shape index (κ1) is 12.6. The fourth-order valence-corrected chi connectivity index (χ4v) is 1.84. The minimum Gasteiger partial charge on any atom is -0.481 e. The van der Waals surface area contributed by atoms with E-state index in [1.54, 1.807) is 24.4 Å². The Kier molecular flexibility index (Phi) is 3.30. The van der Waals surface area contributed by atoms with Crippen molar-refractivity contribution in [2.24, 2.45) is 0 Å². The fourth-order valence-electron chi connectivity index (χ4n) is 1.64. The Morgan fingerprint density at radius 3 is 2.85 bits per heavy atom. The number of pyridine rings is 2. The predicted molar refractivity (Wildman–Crippen MR) is 72.3 cm³/mol. The van der Waals surface area contributed by atoms with E-state index < -0.39 is 0 Å². The van der Waals surface area contributed by atoms with Gasteiger partial charge in [0.25, 0.3) is 5.89 Å². The Balaban J connectivity index is 2.00. The Bertz CT molecular complexity index is 730. The van der Waals surface area contributed by atoms with Crippen molar-refractivity contribution in [2.75, 3.05) is 7.11 Å². The van der Waals surface area contributed by atoms with Crippen LogP contribution in [0, 0.1) is 0 Å². The van der Waals surface area contributed by atoms with Crippen molar-refractivity contribution < 1.29 is 9.26 Å². The Morgan fingerprint density at radius 2 is 2.10 bits per heavy atom. The van der Waals surface area contributed by atoms with Crippen LogP contribution >= 0.6 is 11.6 Å². The molecule has 0 radical (unpaired) electrons. The lowest BCUT2D eigenvalue weighted by molar-refractivity contribution is 0.397. The van der Waals surface area contributed by atoms with E-state index in [-0.39, 0.29) is 5.15 Å². The third-order valence-electron chi connectivity index (χ3n) is 2.55. The minimum atomic E-state index is 0.289. The van der Waals surface area contributed by atoms with Crippen LogP contribution in [-0.4, -0.2) is 27.2 Å². The van der Waals surface area contributed by atoms with Gasteiger partial charge in [0.05, 0.1) is 7.11 Å². The van der Waals surface area contributed by atoms with Crippen molar-refractivity contribution in [2.45, 2.75) is 0 Å². The molecular weight excluding hydrogens is 280 g/mol. The molecule has 0 atom stereocenters. The molecule has 100 valence electrons. The molecule has 3 heterocycles. The molecule has 7 heteroatoms. The molecule has 0 aliphatic rings. The first-order valence-electron chi connectivity index (χ1n) is 5.73. The van der Waals surface area contributed by atoms with Gasteiger partial charge in [0, 0.05) is 17.8 Å². The van der Waals surface area contributed by atoms with E-state index in [1.165, 1.54) is 7.11 Å². The third-order valence-corrected chi connectivity index (χ3v) is 2.74. The minimum absolute atomic E-state index is 0.289. The number of ether oxygens (including phenoxy) is 1. The van der Waals surface area contributed by atoms with Gasteiger partial charge < -0.3 is 9.26 Å². The summed E-state index contributed by atoms with van der Waals surface area (Å²) >= 11 is 5.91. The van der Waals surface area contributed by atoms with Crippen molar-refractivity contribution in [1.29, 1.82) is 0 Å². The van der Waals surface area contributed by atoms with Crippen LogP contribution in [0.1, 0.15) is 0 Å². The van der Waals surface area contributed by atoms with Crippen LogP contribution in [0.25, 0.3) is 23.0 Å². The van der Waals surface area contributed by atoms with Crippen LogP contribution in [0.4, 0.5) is 0 Å². The van der Waals surface area contributed by atoms with Crippen LogP contribution in [-0.2, 0) is 0 Å². The molecule has 6 nitrogen and oxygen atoms in total. The Hall–Kier alpha value is -2.47. The van der Waals surface area contributed by atoms with Gasteiger partial charge in [-0.3, -0.25) is 4.98 Å². The molecule has 0 aliphatic heterocycles. The number of nitrogens with zero attached hydrogens (tertiary/aromatic N) is 4. The second kappa shape index (κ2) is 5.26. The monoisotopic (exact) mass is 288 g/mol. The largest absolute Gasteiger partial charge is 0.481 e. The maximum absolute atomic E-state index is 5.91. The molecule has 0 N–H and O–H groups in total. The van der Waals surface area contributed by atoms with E-state index >= 15 is 0 Å². The first-order valence-corrected chi connectivity index (χ1v) is 6.11. The summed E-state index contributed by atoms with van der Waals surface area (Å²) in [6.07, 6.45) is 1.66. The molecule has 0 saturated heterocycles. The highest BCUT2D eigenvalue weighted by atomic mass is 35.5. The zero-order chi connectivity index (χ0) is 13.9. The van der Waals surface area contributed by atoms with Crippen LogP contribution in [0.2, 0.25) is 5.15 Å². The summed E-state index contributed by atoms with van der Waals surface area (Å²) in [4.78, 5) is 12.4. The van der Waals surface area contributed by atoms with Gasteiger partial charge >= 0.3 is 0 Å². The van der Waals surface area contributed by atoms with Gasteiger partial charge in [-0.25, -0.2) is 4.98 Å². The summed E-state index contributed by atoms with van der Waals surface area (Å²) in [6, 6.07) is 8.76. The number of halogens is 1. The molecule has 3 aromatic rings. The van der Waals surface area contributed by atoms with E-state index in [1.807, 2.05) is 12.1 Å². The second-order valence-electron chi connectivity index (χ2n) is 3.86. The molecule has 0 amide bonds. The highest BCUT2D eigenvalue weighted by Crippen LogP contribution is 2.26. The van der Waals surface area contributed by atoms with Gasteiger partial charge in [-0.2, -0.15) is 4.98 Å². The molecule has 3 rings (SSSR count). The fraction of sp³-hybridized carbons (Fsp3) is 0.0769. The van der Waals surface area contributed by atoms with Gasteiger partial charge in [-0.05, 0) is 18.2 Å². The first-order chi connectivity index (χ1) is 9.76. The highest BCUT2D eigenvalue weighted by Gasteiger charge is 2.13. The molecule has 0 aromatic carbocycles. The molecule has 0 spiro atoms. The topological polar surface area (TPSA) is 73.9 Å². The van der Waals surface area contributed by atoms with E-state index in [2.05, 4.69) is 20.1 Å². The van der Waals surface area contributed by atoms with Crippen molar-refractivity contribution >= 4 is 11.6 Å². The maximum Gasteiger partial charge on any atom is 0.258 e. The lowest BCUT2D eigenvalue weighted by Gasteiger charge is -2.00. The van der Waals surface area contributed by atoms with Crippen molar-refractivity contribution in [3.63, 3.8) is 0 Å². The van der Waals surface area contributed by atoms with Gasteiger partial charge in [-0.15, -0.1) is 0 Å². The van der Waals surface area contributed by atoms with Gasteiger partial charge in [-0.1, -0.05) is 22.8 Å². The maximum atomic E-state index is 5.91. The van der Waals surface area contributed by atoms with Crippen LogP contribution in [0.3, 0.4) is 0 Å². The van der Waals surface area contributed by atoms with Crippen molar-refractivity contribution in [1.82, 2.24) is 20.1 Å². The zero-order valence-corrected chi connectivity index (χ0v) is 11.2. The van der Waals surface area contributed by atoms with Gasteiger partial charge in [0.15, 0.2) is 0 Å². The number of hydrogen-bond acceptors (Lipinski definition) is 6. The number of aromatic nitrogens is 4. The molecule has 0 bridgehead atoms. The van der Waals surface area contributed by atoms with E-state index in [0.29, 0.717) is 28.9 Å². The normalized spacial score (nSPS) is 10.5. The lowest BCUT2D eigenvalue weighted by atomic mass is 10.2. The molecule has 3 aromatic heterocycles. The lowest BCUT2D eigenvalue weighted by Crippen LogP contribution is -1.89. The Morgan fingerprint density at radius 1 is 1.20 bits per heavy atom. The standard InChI is InChI=1S/C13H9ClN4O2/c1-19-11-7-8(6-10(14)16-11)13-17-12(18-20-13)9-4-2-3-5-15-9/h2-7H,1H3. The van der Waals surface area contributed by atoms with Crippen molar-refractivity contribution in [3.8, 4) is 28.9 Å². The number of hydrogen-bond donors (Lipinski definition) is 0. The third kappa shape index (κ3) is 2.46. The average molecular weight is 289 g/mol. The SMILES string of the molecule is COc1cc(-c2nc(-c3ccccn3)no2)cc(Cl)n1. The van der Waals surface area contributed by atoms with Crippen molar-refractivity contribution in [3.05, 3.63) is 41.7 Å². The quantitative estimate of drug-likeness (QED) is 0.690. The summed E-state index contributed by atoms with van der Waals surface area (Å²) < 4.78 is 10.3. The van der Waals surface area contributed by atoms with E-state index in [9.17, 15) is 0 Å². The van der Waals surface area contributed by atoms with E-state index in [4.69, 9.17) is 20.9 Å². The van der Waals surface area contributed by atoms with Crippen LogP contribution < -0.4 is 4.74 Å². The summed E-state index contributed by atoms with van der Waals surface area (Å²) in [7, 11) is 1.51. The zero-order valence-electron chi connectivity index (χ0n) is 10.4. The summed E-state index contributed by atoms with van der Waals surface area (Å²) in [5.74, 6) is 1.12. The summed E-state index contributed by atoms with van der Waals surface area (Å²) in [5, 5.41) is 4.18. The molecule has 20 heavy (non-hydrogen) atoms. The number of rotatable bonds is 3. The Labute approximate surface area is 119 Å². The van der Waals surface area contributed by atoms with E-state index in [0.717, 1.165) is 0 Å². The summed E-state index contributed by atoms with van der Waals surface area (Å²) in [6.45, 7) is 0. The highest BCUT2D eigenvalue weighted by molar-refractivity contribution is 6.29.